The molecule has 0 unspecified atom stereocenters. The number of aryl methyl sites for hydroxylation is 2. The van der Waals surface area contributed by atoms with Gasteiger partial charge in [0.25, 0.3) is 5.56 Å². The Labute approximate surface area is 233 Å². The number of nitrogens with zero attached hydrogens (tertiary/aromatic N) is 3. The van der Waals surface area contributed by atoms with E-state index < -0.39 is 12.0 Å². The van der Waals surface area contributed by atoms with Crippen LogP contribution in [-0.2, 0) is 9.53 Å². The van der Waals surface area contributed by atoms with Crippen molar-refractivity contribution in [1.82, 2.24) is 9.13 Å². The first-order valence-electron chi connectivity index (χ1n) is 12.4. The van der Waals surface area contributed by atoms with E-state index in [-0.39, 0.29) is 12.2 Å². The Kier molecular flexibility index (Phi) is 7.11. The number of allylic oxidation sites excluding steroid dienone is 1. The molecule has 4 aromatic rings. The lowest BCUT2D eigenvalue weighted by atomic mass is 9.95. The molecule has 194 valence electrons. The lowest BCUT2D eigenvalue weighted by molar-refractivity contribution is -0.139. The quantitative estimate of drug-likeness (QED) is 0.298. The van der Waals surface area contributed by atoms with Gasteiger partial charge in [0.1, 0.15) is 0 Å². The zero-order valence-corrected chi connectivity index (χ0v) is 24.3. The molecule has 38 heavy (non-hydrogen) atoms. The van der Waals surface area contributed by atoms with Gasteiger partial charge in [0.05, 0.1) is 28.5 Å². The molecule has 1 aliphatic rings. The van der Waals surface area contributed by atoms with E-state index in [2.05, 4.69) is 57.5 Å². The summed E-state index contributed by atoms with van der Waals surface area (Å²) < 4.78 is 10.8. The van der Waals surface area contributed by atoms with Crippen molar-refractivity contribution in [2.45, 2.75) is 40.7 Å². The number of rotatable bonds is 5. The number of carbonyl (C=O) groups is 1. The Morgan fingerprint density at radius 3 is 2.42 bits per heavy atom. The Bertz CT molecular complexity index is 1760. The zero-order valence-electron chi connectivity index (χ0n) is 21.9. The Balaban J connectivity index is 1.68. The van der Waals surface area contributed by atoms with Crippen molar-refractivity contribution in [1.29, 1.82) is 0 Å². The van der Waals surface area contributed by atoms with E-state index in [1.54, 1.807) is 18.4 Å². The fourth-order valence-electron chi connectivity index (χ4n) is 4.92. The highest BCUT2D eigenvalue weighted by Gasteiger charge is 2.33. The van der Waals surface area contributed by atoms with Gasteiger partial charge in [-0.2, -0.15) is 0 Å². The topological polar surface area (TPSA) is 65.6 Å². The average Bonchev–Trinajstić information content (AvgIpc) is 3.34. The van der Waals surface area contributed by atoms with Crippen molar-refractivity contribution < 1.29 is 9.53 Å². The summed E-state index contributed by atoms with van der Waals surface area (Å²) in [5.74, 6) is -0.452. The van der Waals surface area contributed by atoms with Crippen LogP contribution in [0.15, 0.2) is 80.1 Å². The van der Waals surface area contributed by atoms with Crippen LogP contribution in [-0.4, -0.2) is 21.7 Å². The fourth-order valence-corrected chi connectivity index (χ4v) is 6.22. The molecule has 2 aromatic carbocycles. The van der Waals surface area contributed by atoms with Crippen molar-refractivity contribution >= 4 is 39.3 Å². The third-order valence-electron chi connectivity index (χ3n) is 6.75. The van der Waals surface area contributed by atoms with Gasteiger partial charge in [0.2, 0.25) is 0 Å². The molecule has 0 N–H and O–H groups in total. The van der Waals surface area contributed by atoms with Crippen LogP contribution < -0.4 is 14.9 Å². The smallest absolute Gasteiger partial charge is 0.338 e. The zero-order chi connectivity index (χ0) is 27.1. The third kappa shape index (κ3) is 4.63. The molecule has 0 fully saturated rings. The highest BCUT2D eigenvalue weighted by molar-refractivity contribution is 9.10. The van der Waals surface area contributed by atoms with Crippen LogP contribution in [0.2, 0.25) is 0 Å². The second-order valence-corrected chi connectivity index (χ2v) is 11.3. The van der Waals surface area contributed by atoms with Gasteiger partial charge in [-0.05, 0) is 82.2 Å². The summed E-state index contributed by atoms with van der Waals surface area (Å²) in [5, 5.41) is 0. The second kappa shape index (κ2) is 10.3. The molecule has 0 bridgehead atoms. The van der Waals surface area contributed by atoms with E-state index >= 15 is 0 Å². The number of halogens is 1. The van der Waals surface area contributed by atoms with E-state index in [0.29, 0.717) is 20.6 Å². The number of benzene rings is 2. The second-order valence-electron chi connectivity index (χ2n) is 9.35. The van der Waals surface area contributed by atoms with Crippen LogP contribution in [0.3, 0.4) is 0 Å². The van der Waals surface area contributed by atoms with E-state index in [9.17, 15) is 9.59 Å². The van der Waals surface area contributed by atoms with Crippen LogP contribution >= 0.6 is 27.3 Å². The van der Waals surface area contributed by atoms with Gasteiger partial charge in [-0.25, -0.2) is 9.79 Å². The molecule has 1 atom stereocenters. The van der Waals surface area contributed by atoms with Crippen LogP contribution in [0.1, 0.15) is 48.0 Å². The van der Waals surface area contributed by atoms with Crippen molar-refractivity contribution in [3.05, 3.63) is 118 Å². The minimum Gasteiger partial charge on any atom is -0.463 e. The predicted molar refractivity (Wildman–Crippen MR) is 155 cm³/mol. The number of aromatic nitrogens is 2. The maximum atomic E-state index is 13.9. The number of ether oxygens (including phenoxy) is 1. The molecule has 0 aliphatic carbocycles. The Morgan fingerprint density at radius 2 is 1.76 bits per heavy atom. The van der Waals surface area contributed by atoms with Gasteiger partial charge >= 0.3 is 5.97 Å². The standard InChI is InChI=1S/C30H28BrN3O3S/c1-6-37-29(36)26-19(4)32-30-34(27(26)21-9-7-17(2)8-10-21)28(35)25(38-30)16-22-15-18(3)33(20(22)5)24-13-11-23(31)12-14-24/h7-16,27H,6H2,1-5H3/b25-16-/t27-/m1/s1. The lowest BCUT2D eigenvalue weighted by Gasteiger charge is -2.24. The van der Waals surface area contributed by atoms with Crippen molar-refractivity contribution in [2.24, 2.45) is 4.99 Å². The molecule has 1 aliphatic heterocycles. The molecule has 0 amide bonds. The largest absolute Gasteiger partial charge is 0.463 e. The van der Waals surface area contributed by atoms with E-state index in [1.165, 1.54) is 11.3 Å². The first-order chi connectivity index (χ1) is 18.2. The Hall–Kier alpha value is -3.49. The number of carbonyl (C=O) groups excluding carboxylic acids is 1. The maximum Gasteiger partial charge on any atom is 0.338 e. The van der Waals surface area contributed by atoms with Crippen molar-refractivity contribution in [3.63, 3.8) is 0 Å². The van der Waals surface area contributed by atoms with Gasteiger partial charge < -0.3 is 9.30 Å². The van der Waals surface area contributed by atoms with Gasteiger partial charge in [0.15, 0.2) is 4.80 Å². The molecular weight excluding hydrogens is 562 g/mol. The summed E-state index contributed by atoms with van der Waals surface area (Å²) in [5.41, 5.74) is 6.84. The van der Waals surface area contributed by atoms with Crippen LogP contribution in [0.25, 0.3) is 11.8 Å². The molecule has 2 aromatic heterocycles. The summed E-state index contributed by atoms with van der Waals surface area (Å²) in [4.78, 5) is 32.2. The minimum absolute atomic E-state index is 0.179. The van der Waals surface area contributed by atoms with Gasteiger partial charge in [0, 0.05) is 21.5 Å². The van der Waals surface area contributed by atoms with E-state index in [1.807, 2.05) is 49.4 Å². The molecule has 5 rings (SSSR count). The van der Waals surface area contributed by atoms with Gasteiger partial charge in [-0.3, -0.25) is 9.36 Å². The number of hydrogen-bond acceptors (Lipinski definition) is 5. The maximum absolute atomic E-state index is 13.9. The highest BCUT2D eigenvalue weighted by atomic mass is 79.9. The first kappa shape index (κ1) is 26.1. The number of thiazole rings is 1. The SMILES string of the molecule is CCOC(=O)C1=C(C)N=c2s/c(=C\c3cc(C)n(-c4ccc(Br)cc4)c3C)c(=O)n2[C@@H]1c1ccc(C)cc1. The molecular formula is C30H28BrN3O3S. The molecule has 3 heterocycles. The molecule has 0 radical (unpaired) electrons. The monoisotopic (exact) mass is 589 g/mol. The molecule has 6 nitrogen and oxygen atoms in total. The van der Waals surface area contributed by atoms with E-state index in [4.69, 9.17) is 4.74 Å². The first-order valence-corrected chi connectivity index (χ1v) is 14.0. The lowest BCUT2D eigenvalue weighted by Crippen LogP contribution is -2.39. The van der Waals surface area contributed by atoms with Gasteiger partial charge in [-0.1, -0.05) is 57.1 Å². The molecule has 0 saturated heterocycles. The van der Waals surface area contributed by atoms with Crippen LogP contribution in [0, 0.1) is 20.8 Å². The van der Waals surface area contributed by atoms with Crippen molar-refractivity contribution in [2.75, 3.05) is 6.61 Å². The molecule has 0 saturated carbocycles. The normalized spacial score (nSPS) is 15.4. The van der Waals surface area contributed by atoms with Crippen molar-refractivity contribution in [3.8, 4) is 5.69 Å². The summed E-state index contributed by atoms with van der Waals surface area (Å²) in [6.45, 7) is 9.93. The minimum atomic E-state index is -0.608. The summed E-state index contributed by atoms with van der Waals surface area (Å²) in [7, 11) is 0. The number of fused-ring (bicyclic) bond motifs is 1. The fraction of sp³-hybridized carbons (Fsp3) is 0.233. The van der Waals surface area contributed by atoms with Crippen LogP contribution in [0.4, 0.5) is 0 Å². The predicted octanol–water partition coefficient (Wildman–Crippen LogP) is 5.28. The summed E-state index contributed by atoms with van der Waals surface area (Å²) >= 11 is 4.84. The number of hydrogen-bond donors (Lipinski definition) is 0. The highest BCUT2D eigenvalue weighted by Crippen LogP contribution is 2.31. The number of esters is 1. The van der Waals surface area contributed by atoms with Gasteiger partial charge in [-0.15, -0.1) is 0 Å². The average molecular weight is 591 g/mol. The van der Waals surface area contributed by atoms with Crippen LogP contribution in [0.5, 0.6) is 0 Å². The summed E-state index contributed by atoms with van der Waals surface area (Å²) in [6, 6.07) is 17.5. The molecule has 0 spiro atoms. The summed E-state index contributed by atoms with van der Waals surface area (Å²) in [6.07, 6.45) is 1.93. The molecule has 8 heteroatoms. The Morgan fingerprint density at radius 1 is 1.08 bits per heavy atom. The van der Waals surface area contributed by atoms with E-state index in [0.717, 1.165) is 38.2 Å². The third-order valence-corrected chi connectivity index (χ3v) is 8.26.